The number of nitrogens with one attached hydrogen (secondary N) is 1. The lowest BCUT2D eigenvalue weighted by molar-refractivity contribution is 0.102. The summed E-state index contributed by atoms with van der Waals surface area (Å²) < 4.78 is 34.0. The average molecular weight is 480 g/mol. The normalized spacial score (nSPS) is 11.2. The fourth-order valence-electron chi connectivity index (χ4n) is 3.23. The first-order chi connectivity index (χ1) is 15.9. The van der Waals surface area contributed by atoms with Gasteiger partial charge in [0.1, 0.15) is 5.75 Å². The van der Waals surface area contributed by atoms with Crippen molar-refractivity contribution in [1.29, 1.82) is 0 Å². The molecule has 0 atom stereocenters. The Morgan fingerprint density at radius 2 is 1.91 bits per heavy atom. The summed E-state index contributed by atoms with van der Waals surface area (Å²) in [5, 5.41) is 3.16. The molecule has 9 heteroatoms. The van der Waals surface area contributed by atoms with Gasteiger partial charge in [-0.3, -0.25) is 14.4 Å². The molecule has 4 rings (SSSR count). The van der Waals surface area contributed by atoms with Gasteiger partial charge in [0.2, 0.25) is 0 Å². The molecule has 0 spiro atoms. The third-order valence-electron chi connectivity index (χ3n) is 4.84. The number of nitrogens with zero attached hydrogens (tertiary/aromatic N) is 2. The molecule has 33 heavy (non-hydrogen) atoms. The summed E-state index contributed by atoms with van der Waals surface area (Å²) in [6, 6.07) is 20.1. The number of hydrogen-bond donors (Lipinski definition) is 1. The molecule has 0 fully saturated rings. The number of anilines is 2. The van der Waals surface area contributed by atoms with Gasteiger partial charge in [-0.05, 0) is 48.5 Å². The molecular formula is C24H21N3O4S2. The maximum absolute atomic E-state index is 13.4. The second-order valence-corrected chi connectivity index (χ2v) is 9.89. The molecule has 0 bridgehead atoms. The highest BCUT2D eigenvalue weighted by molar-refractivity contribution is 7.92. The van der Waals surface area contributed by atoms with Gasteiger partial charge in [-0.25, -0.2) is 13.4 Å². The van der Waals surface area contributed by atoms with Gasteiger partial charge in [0, 0.05) is 5.56 Å². The molecular weight excluding hydrogens is 458 g/mol. The number of para-hydroxylation sites is 1. The van der Waals surface area contributed by atoms with Crippen molar-refractivity contribution in [2.24, 2.45) is 0 Å². The topological polar surface area (TPSA) is 88.6 Å². The van der Waals surface area contributed by atoms with Crippen molar-refractivity contribution >= 4 is 48.3 Å². The van der Waals surface area contributed by atoms with Gasteiger partial charge in [-0.2, -0.15) is 0 Å². The molecule has 0 radical (unpaired) electrons. The zero-order chi connectivity index (χ0) is 23.4. The molecule has 0 saturated carbocycles. The largest absolute Gasteiger partial charge is 0.497 e. The van der Waals surface area contributed by atoms with Gasteiger partial charge < -0.3 is 4.74 Å². The Morgan fingerprint density at radius 3 is 2.64 bits per heavy atom. The lowest BCUT2D eigenvalue weighted by atomic mass is 10.2. The van der Waals surface area contributed by atoms with Crippen LogP contribution in [-0.2, 0) is 10.0 Å². The maximum Gasteiger partial charge on any atom is 0.264 e. The fraction of sp³-hybridized carbons (Fsp3) is 0.0833. The second-order valence-electron chi connectivity index (χ2n) is 6.99. The summed E-state index contributed by atoms with van der Waals surface area (Å²) in [4.78, 5) is 17.3. The first-order valence-corrected chi connectivity index (χ1v) is 12.2. The van der Waals surface area contributed by atoms with Crippen LogP contribution in [0.5, 0.6) is 5.75 Å². The third kappa shape index (κ3) is 4.74. The number of rotatable bonds is 8. The van der Waals surface area contributed by atoms with E-state index in [4.69, 9.17) is 4.74 Å². The summed E-state index contributed by atoms with van der Waals surface area (Å²) in [7, 11) is -2.33. The van der Waals surface area contributed by atoms with E-state index in [-0.39, 0.29) is 17.0 Å². The summed E-state index contributed by atoms with van der Waals surface area (Å²) in [5.41, 5.74) is 1.45. The van der Waals surface area contributed by atoms with Crippen LogP contribution in [0, 0.1) is 0 Å². The van der Waals surface area contributed by atoms with Crippen molar-refractivity contribution in [2.45, 2.75) is 4.90 Å². The summed E-state index contributed by atoms with van der Waals surface area (Å²) in [6.45, 7) is 3.77. The van der Waals surface area contributed by atoms with Crippen molar-refractivity contribution < 1.29 is 17.9 Å². The van der Waals surface area contributed by atoms with Crippen molar-refractivity contribution in [3.05, 3.63) is 91.0 Å². The van der Waals surface area contributed by atoms with E-state index in [0.717, 1.165) is 10.2 Å². The Labute approximate surface area is 196 Å². The maximum atomic E-state index is 13.4. The number of fused-ring (bicyclic) bond motifs is 1. The van der Waals surface area contributed by atoms with E-state index >= 15 is 0 Å². The Kier molecular flexibility index (Phi) is 6.43. The van der Waals surface area contributed by atoms with Gasteiger partial charge >= 0.3 is 0 Å². The minimum absolute atomic E-state index is 0.00916. The smallest absolute Gasteiger partial charge is 0.264 e. The molecule has 0 aliphatic rings. The van der Waals surface area contributed by atoms with Crippen LogP contribution >= 0.6 is 11.3 Å². The van der Waals surface area contributed by atoms with Crippen molar-refractivity contribution in [3.63, 3.8) is 0 Å². The molecule has 7 nitrogen and oxygen atoms in total. The van der Waals surface area contributed by atoms with Crippen LogP contribution < -0.4 is 14.4 Å². The standard InChI is InChI=1S/C24H21N3O4S2/c1-3-14-27(18-9-5-4-6-10-18)33(29,30)20-11-7-8-17(15-20)23(28)26-24-25-21-13-12-19(31-2)16-22(21)32-24/h3-13,15-16H,1,14H2,2H3,(H,25,26,28). The van der Waals surface area contributed by atoms with E-state index in [1.165, 1.54) is 33.9 Å². The Hall–Kier alpha value is -3.69. The fourth-order valence-corrected chi connectivity index (χ4v) is 5.60. The number of thiazole rings is 1. The Balaban J connectivity index is 1.61. The monoisotopic (exact) mass is 479 g/mol. The predicted molar refractivity (Wildman–Crippen MR) is 132 cm³/mol. The van der Waals surface area contributed by atoms with Crippen molar-refractivity contribution in [1.82, 2.24) is 4.98 Å². The zero-order valence-corrected chi connectivity index (χ0v) is 19.4. The quantitative estimate of drug-likeness (QED) is 0.362. The molecule has 1 N–H and O–H groups in total. The van der Waals surface area contributed by atoms with Gasteiger partial charge in [-0.1, -0.05) is 41.7 Å². The van der Waals surface area contributed by atoms with Crippen LogP contribution in [-0.4, -0.2) is 33.0 Å². The second kappa shape index (κ2) is 9.43. The van der Waals surface area contributed by atoms with Crippen LogP contribution in [0.25, 0.3) is 10.2 Å². The van der Waals surface area contributed by atoms with E-state index in [2.05, 4.69) is 16.9 Å². The highest BCUT2D eigenvalue weighted by Crippen LogP contribution is 2.30. The first-order valence-electron chi connectivity index (χ1n) is 9.97. The van der Waals surface area contributed by atoms with Crippen LogP contribution in [0.3, 0.4) is 0 Å². The van der Waals surface area contributed by atoms with Crippen LogP contribution in [0.4, 0.5) is 10.8 Å². The number of ether oxygens (including phenoxy) is 1. The van der Waals surface area contributed by atoms with Crippen LogP contribution in [0.1, 0.15) is 10.4 Å². The van der Waals surface area contributed by atoms with E-state index < -0.39 is 15.9 Å². The molecule has 168 valence electrons. The Bertz CT molecular complexity index is 1420. The number of aromatic nitrogens is 1. The molecule has 0 unspecified atom stereocenters. The molecule has 1 heterocycles. The predicted octanol–water partition coefficient (Wildman–Crippen LogP) is 4.94. The summed E-state index contributed by atoms with van der Waals surface area (Å²) in [6.07, 6.45) is 1.52. The van der Waals surface area contributed by atoms with E-state index in [9.17, 15) is 13.2 Å². The number of sulfonamides is 1. The molecule has 3 aromatic carbocycles. The van der Waals surface area contributed by atoms with Crippen LogP contribution in [0.2, 0.25) is 0 Å². The molecule has 0 saturated heterocycles. The van der Waals surface area contributed by atoms with E-state index in [1.807, 2.05) is 18.2 Å². The molecule has 1 amide bonds. The number of carbonyl (C=O) groups excluding carboxylic acids is 1. The van der Waals surface area contributed by atoms with Gasteiger partial charge in [0.15, 0.2) is 5.13 Å². The SMILES string of the molecule is C=CCN(c1ccccc1)S(=O)(=O)c1cccc(C(=O)Nc2nc3ccc(OC)cc3s2)c1. The minimum atomic E-state index is -3.92. The third-order valence-corrected chi connectivity index (χ3v) is 7.56. The van der Waals surface area contributed by atoms with Gasteiger partial charge in [-0.15, -0.1) is 6.58 Å². The van der Waals surface area contributed by atoms with Gasteiger partial charge in [0.25, 0.3) is 15.9 Å². The number of amides is 1. The zero-order valence-electron chi connectivity index (χ0n) is 17.8. The summed E-state index contributed by atoms with van der Waals surface area (Å²) in [5.74, 6) is 0.248. The highest BCUT2D eigenvalue weighted by atomic mass is 32.2. The lowest BCUT2D eigenvalue weighted by Gasteiger charge is -2.23. The number of hydrogen-bond acceptors (Lipinski definition) is 6. The molecule has 1 aromatic heterocycles. The first kappa shape index (κ1) is 22.5. The average Bonchev–Trinajstić information content (AvgIpc) is 3.24. The number of carbonyl (C=O) groups is 1. The number of methoxy groups -OCH3 is 1. The molecule has 0 aliphatic heterocycles. The Morgan fingerprint density at radius 1 is 1.12 bits per heavy atom. The van der Waals surface area contributed by atoms with Crippen molar-refractivity contribution in [3.8, 4) is 5.75 Å². The van der Waals surface area contributed by atoms with E-state index in [0.29, 0.717) is 16.6 Å². The van der Waals surface area contributed by atoms with Crippen LogP contribution in [0.15, 0.2) is 90.3 Å². The lowest BCUT2D eigenvalue weighted by Crippen LogP contribution is -2.31. The molecule has 0 aliphatic carbocycles. The van der Waals surface area contributed by atoms with Crippen molar-refractivity contribution in [2.75, 3.05) is 23.3 Å². The highest BCUT2D eigenvalue weighted by Gasteiger charge is 2.25. The van der Waals surface area contributed by atoms with Gasteiger partial charge in [0.05, 0.1) is 34.5 Å². The van der Waals surface area contributed by atoms with E-state index in [1.54, 1.807) is 49.6 Å². The molecule has 4 aromatic rings. The summed E-state index contributed by atoms with van der Waals surface area (Å²) >= 11 is 1.31. The minimum Gasteiger partial charge on any atom is -0.497 e. The number of benzene rings is 3.